The topological polar surface area (TPSA) is 72.4 Å². The van der Waals surface area contributed by atoms with Gasteiger partial charge in [0.25, 0.3) is 5.56 Å². The van der Waals surface area contributed by atoms with Crippen molar-refractivity contribution in [1.29, 1.82) is 0 Å². The van der Waals surface area contributed by atoms with Gasteiger partial charge in [0, 0.05) is 35.6 Å². The third-order valence-electron chi connectivity index (χ3n) is 4.44. The molecule has 6 heteroatoms. The van der Waals surface area contributed by atoms with E-state index >= 15 is 0 Å². The number of carbonyl (C=O) groups is 1. The highest BCUT2D eigenvalue weighted by Gasteiger charge is 2.12. The van der Waals surface area contributed by atoms with Gasteiger partial charge in [-0.15, -0.1) is 0 Å². The van der Waals surface area contributed by atoms with Crippen LogP contribution < -0.4 is 20.9 Å². The standard InChI is InChI=1S/C22H25N3O3/c1-15(2)13-25-14-19(17-9-5-6-10-18(17)21(25)26)24-22(27)23-12-16-8-4-7-11-20(16)28-3/h4-11,14-15H,12-13H2,1-3H3,(H2,23,24,27). The lowest BCUT2D eigenvalue weighted by Gasteiger charge is -2.15. The van der Waals surface area contributed by atoms with Gasteiger partial charge in [-0.1, -0.05) is 50.2 Å². The molecule has 3 rings (SSSR count). The third-order valence-corrected chi connectivity index (χ3v) is 4.44. The highest BCUT2D eigenvalue weighted by Crippen LogP contribution is 2.21. The first kappa shape index (κ1) is 19.5. The van der Waals surface area contributed by atoms with Crippen LogP contribution in [0.25, 0.3) is 10.8 Å². The summed E-state index contributed by atoms with van der Waals surface area (Å²) in [5.74, 6) is 1.03. The number of anilines is 1. The van der Waals surface area contributed by atoms with E-state index < -0.39 is 0 Å². The number of nitrogens with zero attached hydrogens (tertiary/aromatic N) is 1. The van der Waals surface area contributed by atoms with Gasteiger partial charge in [-0.05, 0) is 18.1 Å². The number of nitrogens with one attached hydrogen (secondary N) is 2. The van der Waals surface area contributed by atoms with Gasteiger partial charge >= 0.3 is 6.03 Å². The molecule has 0 bridgehead atoms. The molecule has 0 radical (unpaired) electrons. The number of carbonyl (C=O) groups excluding carboxylic acids is 1. The van der Waals surface area contributed by atoms with Crippen LogP contribution in [0, 0.1) is 5.92 Å². The van der Waals surface area contributed by atoms with Crippen molar-refractivity contribution in [2.45, 2.75) is 26.9 Å². The van der Waals surface area contributed by atoms with Crippen molar-refractivity contribution in [3.05, 3.63) is 70.6 Å². The lowest BCUT2D eigenvalue weighted by atomic mass is 10.1. The number of methoxy groups -OCH3 is 1. The van der Waals surface area contributed by atoms with Crippen molar-refractivity contribution < 1.29 is 9.53 Å². The van der Waals surface area contributed by atoms with Crippen LogP contribution >= 0.6 is 0 Å². The van der Waals surface area contributed by atoms with Gasteiger partial charge in [0.2, 0.25) is 0 Å². The number of benzene rings is 2. The second kappa shape index (κ2) is 8.61. The second-order valence-electron chi connectivity index (χ2n) is 7.06. The van der Waals surface area contributed by atoms with E-state index in [2.05, 4.69) is 24.5 Å². The number of hydrogen-bond donors (Lipinski definition) is 2. The van der Waals surface area contributed by atoms with Crippen molar-refractivity contribution >= 4 is 22.5 Å². The smallest absolute Gasteiger partial charge is 0.319 e. The molecule has 146 valence electrons. The molecule has 6 nitrogen and oxygen atoms in total. The molecule has 0 aliphatic heterocycles. The van der Waals surface area contributed by atoms with Crippen LogP contribution in [-0.4, -0.2) is 17.7 Å². The molecular weight excluding hydrogens is 354 g/mol. The van der Waals surface area contributed by atoms with Gasteiger partial charge in [-0.3, -0.25) is 4.79 Å². The number of hydrogen-bond acceptors (Lipinski definition) is 3. The Morgan fingerprint density at radius 1 is 1.07 bits per heavy atom. The number of urea groups is 1. The van der Waals surface area contributed by atoms with Crippen LogP contribution in [0.4, 0.5) is 10.5 Å². The average molecular weight is 379 g/mol. The summed E-state index contributed by atoms with van der Waals surface area (Å²) in [5, 5.41) is 7.04. The summed E-state index contributed by atoms with van der Waals surface area (Å²) in [4.78, 5) is 25.2. The zero-order valence-electron chi connectivity index (χ0n) is 16.4. The molecule has 0 saturated heterocycles. The summed E-state index contributed by atoms with van der Waals surface area (Å²) in [5.41, 5.74) is 1.44. The quantitative estimate of drug-likeness (QED) is 0.680. The number of pyridine rings is 1. The van der Waals surface area contributed by atoms with Crippen LogP contribution in [0.15, 0.2) is 59.5 Å². The maximum atomic E-state index is 12.7. The monoisotopic (exact) mass is 379 g/mol. The predicted octanol–water partition coefficient (Wildman–Crippen LogP) is 3.99. The molecule has 0 spiro atoms. The van der Waals surface area contributed by atoms with Crippen molar-refractivity contribution in [1.82, 2.24) is 9.88 Å². The molecule has 2 aromatic carbocycles. The largest absolute Gasteiger partial charge is 0.496 e. The SMILES string of the molecule is COc1ccccc1CNC(=O)Nc1cn(CC(C)C)c(=O)c2ccccc12. The first-order valence-electron chi connectivity index (χ1n) is 9.28. The maximum absolute atomic E-state index is 12.7. The molecule has 2 N–H and O–H groups in total. The number of aromatic nitrogens is 1. The van der Waals surface area contributed by atoms with Crippen molar-refractivity contribution in [2.75, 3.05) is 12.4 Å². The Hall–Kier alpha value is -3.28. The van der Waals surface area contributed by atoms with E-state index in [0.717, 1.165) is 16.7 Å². The fourth-order valence-electron chi connectivity index (χ4n) is 3.16. The van der Waals surface area contributed by atoms with Gasteiger partial charge in [-0.2, -0.15) is 0 Å². The lowest BCUT2D eigenvalue weighted by molar-refractivity contribution is 0.251. The summed E-state index contributed by atoms with van der Waals surface area (Å²) in [6, 6.07) is 14.5. The first-order chi connectivity index (χ1) is 13.5. The normalized spacial score (nSPS) is 10.9. The highest BCUT2D eigenvalue weighted by molar-refractivity contribution is 6.00. The van der Waals surface area contributed by atoms with Gasteiger partial charge < -0.3 is 19.9 Å². The van der Waals surface area contributed by atoms with Crippen LogP contribution in [0.3, 0.4) is 0 Å². The molecule has 0 aliphatic rings. The average Bonchev–Trinajstić information content (AvgIpc) is 2.69. The summed E-state index contributed by atoms with van der Waals surface area (Å²) < 4.78 is 6.97. The van der Waals surface area contributed by atoms with E-state index in [1.807, 2.05) is 42.5 Å². The lowest BCUT2D eigenvalue weighted by Crippen LogP contribution is -2.30. The molecule has 1 aromatic heterocycles. The second-order valence-corrected chi connectivity index (χ2v) is 7.06. The third kappa shape index (κ3) is 4.34. The minimum absolute atomic E-state index is 0.0516. The minimum atomic E-state index is -0.342. The van der Waals surface area contributed by atoms with Crippen molar-refractivity contribution in [2.24, 2.45) is 5.92 Å². The fourth-order valence-corrected chi connectivity index (χ4v) is 3.16. The van der Waals surface area contributed by atoms with E-state index in [-0.39, 0.29) is 11.6 Å². The molecule has 3 aromatic rings. The molecule has 0 saturated carbocycles. The summed E-state index contributed by atoms with van der Waals surface area (Å²) in [7, 11) is 1.60. The van der Waals surface area contributed by atoms with Crippen LogP contribution in [-0.2, 0) is 13.1 Å². The zero-order valence-corrected chi connectivity index (χ0v) is 16.4. The molecule has 0 unspecified atom stereocenters. The Morgan fingerprint density at radius 3 is 2.46 bits per heavy atom. The maximum Gasteiger partial charge on any atom is 0.319 e. The first-order valence-corrected chi connectivity index (χ1v) is 9.28. The van der Waals surface area contributed by atoms with Crippen LogP contribution in [0.1, 0.15) is 19.4 Å². The summed E-state index contributed by atoms with van der Waals surface area (Å²) in [6.07, 6.45) is 1.72. The van der Waals surface area contributed by atoms with Crippen molar-refractivity contribution in [3.63, 3.8) is 0 Å². The van der Waals surface area contributed by atoms with Crippen LogP contribution in [0.2, 0.25) is 0 Å². The minimum Gasteiger partial charge on any atom is -0.496 e. The molecular formula is C22H25N3O3. The number of rotatable bonds is 6. The Bertz CT molecular complexity index is 1040. The Balaban J connectivity index is 1.84. The van der Waals surface area contributed by atoms with Gasteiger partial charge in [0.15, 0.2) is 0 Å². The number of fused-ring (bicyclic) bond motifs is 1. The van der Waals surface area contributed by atoms with E-state index in [4.69, 9.17) is 4.74 Å². The van der Waals surface area contributed by atoms with Gasteiger partial charge in [0.1, 0.15) is 5.75 Å². The number of para-hydroxylation sites is 1. The van der Waals surface area contributed by atoms with Gasteiger partial charge in [-0.25, -0.2) is 4.79 Å². The number of ether oxygens (including phenoxy) is 1. The Morgan fingerprint density at radius 2 is 1.75 bits per heavy atom. The van der Waals surface area contributed by atoms with E-state index in [0.29, 0.717) is 30.1 Å². The number of amides is 2. The molecule has 28 heavy (non-hydrogen) atoms. The highest BCUT2D eigenvalue weighted by atomic mass is 16.5. The van der Waals surface area contributed by atoms with Crippen LogP contribution in [0.5, 0.6) is 5.75 Å². The molecule has 2 amide bonds. The van der Waals surface area contributed by atoms with E-state index in [9.17, 15) is 9.59 Å². The van der Waals surface area contributed by atoms with Crippen molar-refractivity contribution in [3.8, 4) is 5.75 Å². The molecule has 1 heterocycles. The Kier molecular flexibility index (Phi) is 5.99. The Labute approximate surface area is 164 Å². The molecule has 0 fully saturated rings. The van der Waals surface area contributed by atoms with Gasteiger partial charge in [0.05, 0.1) is 12.8 Å². The summed E-state index contributed by atoms with van der Waals surface area (Å²) >= 11 is 0. The molecule has 0 aliphatic carbocycles. The predicted molar refractivity (Wildman–Crippen MR) is 112 cm³/mol. The van der Waals surface area contributed by atoms with E-state index in [1.165, 1.54) is 0 Å². The fraction of sp³-hybridized carbons (Fsp3) is 0.273. The summed E-state index contributed by atoms with van der Waals surface area (Å²) in [6.45, 7) is 5.02. The molecule has 0 atom stereocenters. The zero-order chi connectivity index (χ0) is 20.1. The van der Waals surface area contributed by atoms with E-state index in [1.54, 1.807) is 23.9 Å².